The molecule has 88 valence electrons. The van der Waals surface area contributed by atoms with Gasteiger partial charge in [0.05, 0.1) is 0 Å². The second-order valence-electron chi connectivity index (χ2n) is 5.49. The first kappa shape index (κ1) is 11.5. The van der Waals surface area contributed by atoms with Crippen LogP contribution in [0.25, 0.3) is 0 Å². The fourth-order valence-corrected chi connectivity index (χ4v) is 2.55. The van der Waals surface area contributed by atoms with Gasteiger partial charge in [-0.15, -0.1) is 0 Å². The van der Waals surface area contributed by atoms with Gasteiger partial charge in [0.1, 0.15) is 0 Å². The maximum Gasteiger partial charge on any atom is 0.0316 e. The maximum atomic E-state index is 5.85. The summed E-state index contributed by atoms with van der Waals surface area (Å²) in [4.78, 5) is 2.56. The molecule has 1 aromatic rings. The number of nitrogens with zero attached hydrogens (tertiary/aromatic N) is 1. The topological polar surface area (TPSA) is 29.3 Å². The van der Waals surface area contributed by atoms with Gasteiger partial charge in [0.15, 0.2) is 0 Å². The van der Waals surface area contributed by atoms with Crippen molar-refractivity contribution in [1.82, 2.24) is 4.90 Å². The van der Waals surface area contributed by atoms with Crippen LogP contribution in [0.4, 0.5) is 5.69 Å². The van der Waals surface area contributed by atoms with Crippen LogP contribution in [-0.2, 0) is 5.41 Å². The van der Waals surface area contributed by atoms with Crippen LogP contribution < -0.4 is 5.73 Å². The van der Waals surface area contributed by atoms with E-state index in [0.29, 0.717) is 0 Å². The van der Waals surface area contributed by atoms with Crippen molar-refractivity contribution in [2.24, 2.45) is 0 Å². The minimum absolute atomic E-state index is 0.194. The highest BCUT2D eigenvalue weighted by atomic mass is 15.1. The third-order valence-electron chi connectivity index (χ3n) is 3.49. The van der Waals surface area contributed by atoms with E-state index in [2.05, 4.69) is 36.9 Å². The highest BCUT2D eigenvalue weighted by molar-refractivity contribution is 5.43. The van der Waals surface area contributed by atoms with Gasteiger partial charge in [-0.25, -0.2) is 0 Å². The summed E-state index contributed by atoms with van der Waals surface area (Å²) in [5.74, 6) is 0. The van der Waals surface area contributed by atoms with Crippen LogP contribution in [0.3, 0.4) is 0 Å². The minimum atomic E-state index is 0.194. The molecule has 2 N–H and O–H groups in total. The van der Waals surface area contributed by atoms with E-state index in [1.54, 1.807) is 0 Å². The number of nitrogens with two attached hydrogens (primary N) is 1. The first-order chi connectivity index (χ1) is 7.58. The molecular weight excluding hydrogens is 196 g/mol. The molecule has 0 aliphatic carbocycles. The predicted molar refractivity (Wildman–Crippen MR) is 69.6 cm³/mol. The lowest BCUT2D eigenvalue weighted by atomic mass is 9.84. The van der Waals surface area contributed by atoms with Crippen molar-refractivity contribution < 1.29 is 0 Å². The summed E-state index contributed by atoms with van der Waals surface area (Å²) >= 11 is 0. The molecule has 0 bridgehead atoms. The zero-order valence-electron chi connectivity index (χ0n) is 10.4. The van der Waals surface area contributed by atoms with Crippen LogP contribution in [0.15, 0.2) is 24.3 Å². The highest BCUT2D eigenvalue weighted by Gasteiger charge is 2.25. The normalized spacial score (nSPS) is 17.9. The first-order valence-corrected chi connectivity index (χ1v) is 6.16. The SMILES string of the molecule is CC(C)(CN1CCCC1)c1cccc(N)c1. The number of nitrogen functional groups attached to an aromatic ring is 1. The van der Waals surface area contributed by atoms with E-state index in [4.69, 9.17) is 5.73 Å². The van der Waals surface area contributed by atoms with Gasteiger partial charge in [0, 0.05) is 17.6 Å². The van der Waals surface area contributed by atoms with Crippen molar-refractivity contribution in [2.75, 3.05) is 25.4 Å². The van der Waals surface area contributed by atoms with Gasteiger partial charge in [0.25, 0.3) is 0 Å². The summed E-state index contributed by atoms with van der Waals surface area (Å²) in [5, 5.41) is 0. The fraction of sp³-hybridized carbons (Fsp3) is 0.571. The number of hydrogen-bond donors (Lipinski definition) is 1. The van der Waals surface area contributed by atoms with Crippen LogP contribution in [0.5, 0.6) is 0 Å². The van der Waals surface area contributed by atoms with Gasteiger partial charge in [-0.3, -0.25) is 0 Å². The Morgan fingerprint density at radius 1 is 1.25 bits per heavy atom. The van der Waals surface area contributed by atoms with Gasteiger partial charge in [-0.1, -0.05) is 26.0 Å². The van der Waals surface area contributed by atoms with E-state index >= 15 is 0 Å². The molecule has 0 aromatic heterocycles. The van der Waals surface area contributed by atoms with Crippen molar-refractivity contribution in [3.05, 3.63) is 29.8 Å². The van der Waals surface area contributed by atoms with E-state index < -0.39 is 0 Å². The molecule has 1 aliphatic heterocycles. The Kier molecular flexibility index (Phi) is 3.20. The molecule has 16 heavy (non-hydrogen) atoms. The average Bonchev–Trinajstić information content (AvgIpc) is 2.70. The van der Waals surface area contributed by atoms with Crippen molar-refractivity contribution >= 4 is 5.69 Å². The van der Waals surface area contributed by atoms with Gasteiger partial charge in [-0.05, 0) is 43.6 Å². The van der Waals surface area contributed by atoms with Gasteiger partial charge in [-0.2, -0.15) is 0 Å². The third-order valence-corrected chi connectivity index (χ3v) is 3.49. The number of rotatable bonds is 3. The number of anilines is 1. The smallest absolute Gasteiger partial charge is 0.0316 e. The molecular formula is C14H22N2. The summed E-state index contributed by atoms with van der Waals surface area (Å²) in [5.41, 5.74) is 8.26. The van der Waals surface area contributed by atoms with Crippen LogP contribution in [0, 0.1) is 0 Å². The lowest BCUT2D eigenvalue weighted by molar-refractivity contribution is 0.269. The minimum Gasteiger partial charge on any atom is -0.399 e. The van der Waals surface area contributed by atoms with Crippen molar-refractivity contribution in [3.8, 4) is 0 Å². The molecule has 2 heteroatoms. The van der Waals surface area contributed by atoms with E-state index in [-0.39, 0.29) is 5.41 Å². The molecule has 0 saturated carbocycles. The predicted octanol–water partition coefficient (Wildman–Crippen LogP) is 2.64. The lowest BCUT2D eigenvalue weighted by Crippen LogP contribution is -2.35. The van der Waals surface area contributed by atoms with Crippen LogP contribution in [0.2, 0.25) is 0 Å². The Morgan fingerprint density at radius 3 is 2.56 bits per heavy atom. The van der Waals surface area contributed by atoms with Crippen LogP contribution in [-0.4, -0.2) is 24.5 Å². The summed E-state index contributed by atoms with van der Waals surface area (Å²) in [6, 6.07) is 8.30. The molecule has 2 rings (SSSR count). The Morgan fingerprint density at radius 2 is 1.94 bits per heavy atom. The van der Waals surface area contributed by atoms with E-state index in [1.807, 2.05) is 6.07 Å². The molecule has 0 spiro atoms. The number of likely N-dealkylation sites (tertiary alicyclic amines) is 1. The molecule has 0 unspecified atom stereocenters. The Hall–Kier alpha value is -1.02. The highest BCUT2D eigenvalue weighted by Crippen LogP contribution is 2.27. The van der Waals surface area contributed by atoms with Crippen molar-refractivity contribution in [3.63, 3.8) is 0 Å². The summed E-state index contributed by atoms with van der Waals surface area (Å²) in [6.07, 6.45) is 2.71. The number of hydrogen-bond acceptors (Lipinski definition) is 2. The summed E-state index contributed by atoms with van der Waals surface area (Å²) < 4.78 is 0. The lowest BCUT2D eigenvalue weighted by Gasteiger charge is -2.30. The molecule has 2 nitrogen and oxygen atoms in total. The molecule has 1 heterocycles. The fourth-order valence-electron chi connectivity index (χ4n) is 2.55. The largest absolute Gasteiger partial charge is 0.399 e. The molecule has 0 amide bonds. The second-order valence-corrected chi connectivity index (χ2v) is 5.49. The Labute approximate surface area is 98.4 Å². The van der Waals surface area contributed by atoms with Crippen LogP contribution in [0.1, 0.15) is 32.3 Å². The summed E-state index contributed by atoms with van der Waals surface area (Å²) in [7, 11) is 0. The summed E-state index contributed by atoms with van der Waals surface area (Å²) in [6.45, 7) is 8.26. The molecule has 0 atom stereocenters. The van der Waals surface area contributed by atoms with Crippen molar-refractivity contribution in [1.29, 1.82) is 0 Å². The van der Waals surface area contributed by atoms with Gasteiger partial charge in [0.2, 0.25) is 0 Å². The Balaban J connectivity index is 2.10. The molecule has 1 aliphatic rings. The van der Waals surface area contributed by atoms with Crippen LogP contribution >= 0.6 is 0 Å². The molecule has 1 saturated heterocycles. The number of benzene rings is 1. The first-order valence-electron chi connectivity index (χ1n) is 6.16. The quantitative estimate of drug-likeness (QED) is 0.790. The average molecular weight is 218 g/mol. The molecule has 1 fully saturated rings. The van der Waals surface area contributed by atoms with E-state index in [0.717, 1.165) is 12.2 Å². The monoisotopic (exact) mass is 218 g/mol. The van der Waals surface area contributed by atoms with Gasteiger partial charge >= 0.3 is 0 Å². The molecule has 1 aromatic carbocycles. The zero-order valence-corrected chi connectivity index (χ0v) is 10.4. The molecule has 0 radical (unpaired) electrons. The van der Waals surface area contributed by atoms with Gasteiger partial charge < -0.3 is 10.6 Å². The van der Waals surface area contributed by atoms with E-state index in [9.17, 15) is 0 Å². The van der Waals surface area contributed by atoms with E-state index in [1.165, 1.54) is 31.5 Å². The second kappa shape index (κ2) is 4.46. The van der Waals surface area contributed by atoms with Crippen molar-refractivity contribution in [2.45, 2.75) is 32.1 Å². The standard InChI is InChI=1S/C14H22N2/c1-14(2,11-16-8-3-4-9-16)12-6-5-7-13(15)10-12/h5-7,10H,3-4,8-9,11,15H2,1-2H3. The zero-order chi connectivity index (χ0) is 11.6. The third kappa shape index (κ3) is 2.56. The Bertz CT molecular complexity index is 352. The maximum absolute atomic E-state index is 5.85.